The molecule has 0 radical (unpaired) electrons. The van der Waals surface area contributed by atoms with Crippen LogP contribution < -0.4 is 4.74 Å². The number of nitrogens with zero attached hydrogens (tertiary/aromatic N) is 1. The molecule has 6 heteroatoms. The van der Waals surface area contributed by atoms with E-state index in [0.29, 0.717) is 6.07 Å². The molecule has 18 heavy (non-hydrogen) atoms. The molecule has 0 amide bonds. The lowest BCUT2D eigenvalue weighted by Gasteiger charge is -2.08. The molecule has 1 aromatic carbocycles. The summed E-state index contributed by atoms with van der Waals surface area (Å²) in [6.45, 7) is 0. The third-order valence-electron chi connectivity index (χ3n) is 2.18. The molecular weight excluding hydrogens is 267 g/mol. The number of alkyl halides is 1. The normalized spacial score (nSPS) is 10.4. The maximum absolute atomic E-state index is 13.7. The van der Waals surface area contributed by atoms with Crippen molar-refractivity contribution in [2.45, 2.75) is 5.88 Å². The van der Waals surface area contributed by atoms with Crippen LogP contribution in [0.4, 0.5) is 13.2 Å². The van der Waals surface area contributed by atoms with Crippen molar-refractivity contribution in [3.63, 3.8) is 0 Å². The van der Waals surface area contributed by atoms with Crippen LogP contribution in [-0.2, 0) is 5.88 Å². The highest BCUT2D eigenvalue weighted by atomic mass is 35.5. The van der Waals surface area contributed by atoms with Crippen LogP contribution >= 0.6 is 11.6 Å². The summed E-state index contributed by atoms with van der Waals surface area (Å²) in [5.41, 5.74) is 0.184. The molecule has 1 heterocycles. The van der Waals surface area contributed by atoms with Crippen molar-refractivity contribution in [2.75, 3.05) is 0 Å². The molecule has 0 aliphatic heterocycles. The summed E-state index contributed by atoms with van der Waals surface area (Å²) >= 11 is 5.51. The third kappa shape index (κ3) is 2.56. The molecule has 2 rings (SSSR count). The summed E-state index contributed by atoms with van der Waals surface area (Å²) in [5, 5.41) is 0. The number of pyridine rings is 1. The van der Waals surface area contributed by atoms with E-state index in [4.69, 9.17) is 16.3 Å². The lowest BCUT2D eigenvalue weighted by atomic mass is 10.3. The summed E-state index contributed by atoms with van der Waals surface area (Å²) in [6, 6.07) is 4.08. The number of hydrogen-bond donors (Lipinski definition) is 0. The van der Waals surface area contributed by atoms with Gasteiger partial charge in [-0.2, -0.15) is 0 Å². The second-order valence-electron chi connectivity index (χ2n) is 3.40. The van der Waals surface area contributed by atoms with E-state index in [9.17, 15) is 13.2 Å². The average molecular weight is 274 g/mol. The number of hydrogen-bond acceptors (Lipinski definition) is 2. The van der Waals surface area contributed by atoms with E-state index >= 15 is 0 Å². The van der Waals surface area contributed by atoms with Gasteiger partial charge in [0.2, 0.25) is 0 Å². The van der Waals surface area contributed by atoms with Crippen molar-refractivity contribution < 1.29 is 17.9 Å². The molecule has 0 unspecified atom stereocenters. The van der Waals surface area contributed by atoms with E-state index in [0.717, 1.165) is 12.1 Å². The van der Waals surface area contributed by atoms with Crippen molar-refractivity contribution in [1.82, 2.24) is 4.98 Å². The Morgan fingerprint density at radius 1 is 1.17 bits per heavy atom. The minimum atomic E-state index is -0.938. The van der Waals surface area contributed by atoms with Gasteiger partial charge in [-0.15, -0.1) is 11.6 Å². The van der Waals surface area contributed by atoms with Crippen molar-refractivity contribution in [3.05, 3.63) is 53.5 Å². The summed E-state index contributed by atoms with van der Waals surface area (Å²) in [6.07, 6.45) is 1.29. The molecule has 0 aliphatic rings. The van der Waals surface area contributed by atoms with Crippen LogP contribution in [0.25, 0.3) is 0 Å². The largest absolute Gasteiger partial charge is 0.433 e. The Balaban J connectivity index is 2.34. The number of aromatic nitrogens is 1. The molecule has 94 valence electrons. The Bertz CT molecular complexity index is 577. The quantitative estimate of drug-likeness (QED) is 0.788. The van der Waals surface area contributed by atoms with Gasteiger partial charge in [0.15, 0.2) is 17.4 Å². The average Bonchev–Trinajstić information content (AvgIpc) is 2.35. The maximum Gasteiger partial charge on any atom is 0.256 e. The number of ether oxygens (including phenoxy) is 1. The zero-order valence-electron chi connectivity index (χ0n) is 8.96. The van der Waals surface area contributed by atoms with Crippen LogP contribution in [0.1, 0.15) is 5.56 Å². The number of benzene rings is 1. The van der Waals surface area contributed by atoms with Crippen LogP contribution in [0, 0.1) is 17.5 Å². The van der Waals surface area contributed by atoms with Gasteiger partial charge in [-0.05, 0) is 18.2 Å². The van der Waals surface area contributed by atoms with Gasteiger partial charge in [0.1, 0.15) is 5.82 Å². The first kappa shape index (κ1) is 12.7. The fourth-order valence-electron chi connectivity index (χ4n) is 1.30. The van der Waals surface area contributed by atoms with Gasteiger partial charge >= 0.3 is 0 Å². The van der Waals surface area contributed by atoms with E-state index in [1.807, 2.05) is 0 Å². The predicted molar refractivity (Wildman–Crippen MR) is 60.2 cm³/mol. The summed E-state index contributed by atoms with van der Waals surface area (Å²) in [5.74, 6) is -3.23. The molecule has 0 fully saturated rings. The Hall–Kier alpha value is -1.75. The predicted octanol–water partition coefficient (Wildman–Crippen LogP) is 4.03. The molecule has 0 bridgehead atoms. The van der Waals surface area contributed by atoms with Crippen LogP contribution in [0.3, 0.4) is 0 Å². The Kier molecular flexibility index (Phi) is 3.72. The molecular formula is C12H7ClF3NO. The fourth-order valence-corrected chi connectivity index (χ4v) is 1.51. The van der Waals surface area contributed by atoms with Crippen molar-refractivity contribution in [3.8, 4) is 11.6 Å². The zero-order valence-corrected chi connectivity index (χ0v) is 9.72. The maximum atomic E-state index is 13.7. The molecule has 0 saturated carbocycles. The SMILES string of the molecule is Fc1ccc(Oc2nccc(CCl)c2F)c(F)c1. The van der Waals surface area contributed by atoms with E-state index in [1.165, 1.54) is 12.3 Å². The van der Waals surface area contributed by atoms with E-state index in [-0.39, 0.29) is 17.2 Å². The number of halogens is 4. The first-order chi connectivity index (χ1) is 8.61. The van der Waals surface area contributed by atoms with Gasteiger partial charge < -0.3 is 4.74 Å². The monoisotopic (exact) mass is 273 g/mol. The van der Waals surface area contributed by atoms with Gasteiger partial charge in [-0.1, -0.05) is 0 Å². The van der Waals surface area contributed by atoms with Crippen LogP contribution in [0.5, 0.6) is 11.6 Å². The molecule has 2 aromatic rings. The van der Waals surface area contributed by atoms with Gasteiger partial charge in [-0.3, -0.25) is 0 Å². The highest BCUT2D eigenvalue weighted by Crippen LogP contribution is 2.27. The van der Waals surface area contributed by atoms with E-state index in [2.05, 4.69) is 4.98 Å². The molecule has 0 N–H and O–H groups in total. The molecule has 0 saturated heterocycles. The topological polar surface area (TPSA) is 22.1 Å². The molecule has 0 spiro atoms. The van der Waals surface area contributed by atoms with Crippen LogP contribution in [-0.4, -0.2) is 4.98 Å². The summed E-state index contributed by atoms with van der Waals surface area (Å²) in [7, 11) is 0. The zero-order chi connectivity index (χ0) is 13.1. The van der Waals surface area contributed by atoms with Crippen molar-refractivity contribution in [2.24, 2.45) is 0 Å². The Morgan fingerprint density at radius 2 is 1.94 bits per heavy atom. The van der Waals surface area contributed by atoms with E-state index in [1.54, 1.807) is 0 Å². The smallest absolute Gasteiger partial charge is 0.256 e. The lowest BCUT2D eigenvalue weighted by molar-refractivity contribution is 0.394. The van der Waals surface area contributed by atoms with Crippen LogP contribution in [0.15, 0.2) is 30.5 Å². The second kappa shape index (κ2) is 5.27. The van der Waals surface area contributed by atoms with Crippen molar-refractivity contribution >= 4 is 11.6 Å². The highest BCUT2D eigenvalue weighted by molar-refractivity contribution is 6.17. The highest BCUT2D eigenvalue weighted by Gasteiger charge is 2.13. The molecule has 1 aromatic heterocycles. The summed E-state index contributed by atoms with van der Waals surface area (Å²) < 4.78 is 44.6. The second-order valence-corrected chi connectivity index (χ2v) is 3.67. The Labute approximate surface area is 106 Å². The summed E-state index contributed by atoms with van der Waals surface area (Å²) in [4.78, 5) is 3.63. The molecule has 2 nitrogen and oxygen atoms in total. The third-order valence-corrected chi connectivity index (χ3v) is 2.47. The first-order valence-corrected chi connectivity index (χ1v) is 5.47. The van der Waals surface area contributed by atoms with Gasteiger partial charge in [-0.25, -0.2) is 18.2 Å². The molecule has 0 atom stereocenters. The minimum Gasteiger partial charge on any atom is -0.433 e. The Morgan fingerprint density at radius 3 is 2.61 bits per heavy atom. The molecule has 0 aliphatic carbocycles. The van der Waals surface area contributed by atoms with Crippen LogP contribution in [0.2, 0.25) is 0 Å². The van der Waals surface area contributed by atoms with Gasteiger partial charge in [0.05, 0.1) is 5.88 Å². The van der Waals surface area contributed by atoms with Gasteiger partial charge in [0, 0.05) is 17.8 Å². The minimum absolute atomic E-state index is 0.0589. The first-order valence-electron chi connectivity index (χ1n) is 4.94. The van der Waals surface area contributed by atoms with E-state index < -0.39 is 23.3 Å². The number of rotatable bonds is 3. The fraction of sp³-hybridized carbons (Fsp3) is 0.0833. The van der Waals surface area contributed by atoms with Crippen molar-refractivity contribution in [1.29, 1.82) is 0 Å². The lowest BCUT2D eigenvalue weighted by Crippen LogP contribution is -1.97. The standard InChI is InChI=1S/C12H7ClF3NO/c13-6-7-3-4-17-12(11(7)16)18-10-2-1-8(14)5-9(10)15/h1-5H,6H2. The van der Waals surface area contributed by atoms with Gasteiger partial charge in [0.25, 0.3) is 5.88 Å².